The summed E-state index contributed by atoms with van der Waals surface area (Å²) in [5.41, 5.74) is 0. The Labute approximate surface area is 188 Å². The van der Waals surface area contributed by atoms with E-state index in [9.17, 15) is 9.59 Å². The first-order chi connectivity index (χ1) is 15.0. The lowest BCUT2D eigenvalue weighted by Crippen LogP contribution is -2.42. The Balaban J connectivity index is 2.42. The summed E-state index contributed by atoms with van der Waals surface area (Å²) in [4.78, 5) is 29.2. The summed E-state index contributed by atoms with van der Waals surface area (Å²) >= 11 is 0. The molecule has 0 aliphatic carbocycles. The first-order valence-corrected chi connectivity index (χ1v) is 12.2. The second-order valence-electron chi connectivity index (χ2n) is 8.29. The van der Waals surface area contributed by atoms with E-state index in [1.165, 1.54) is 44.9 Å². The molecule has 0 saturated carbocycles. The van der Waals surface area contributed by atoms with Gasteiger partial charge in [0.15, 0.2) is 5.82 Å². The van der Waals surface area contributed by atoms with E-state index >= 15 is 0 Å². The van der Waals surface area contributed by atoms with Crippen molar-refractivity contribution < 1.29 is 14.1 Å². The molecule has 7 nitrogen and oxygen atoms in total. The average Bonchev–Trinajstić information content (AvgIpc) is 3.16. The molecule has 0 aromatic carbocycles. The van der Waals surface area contributed by atoms with Crippen LogP contribution in [-0.4, -0.2) is 59.5 Å². The second-order valence-corrected chi connectivity index (χ2v) is 8.29. The molecule has 0 saturated heterocycles. The number of aryl methyl sites for hydroxylation is 1. The van der Waals surface area contributed by atoms with Crippen molar-refractivity contribution in [1.82, 2.24) is 15.0 Å². The molecule has 0 aliphatic rings. The predicted octanol–water partition coefficient (Wildman–Crippen LogP) is 5.01. The van der Waals surface area contributed by atoms with Crippen LogP contribution in [0.1, 0.15) is 90.7 Å². The molecular weight excluding hydrogens is 392 g/mol. The van der Waals surface area contributed by atoms with Crippen LogP contribution in [0.4, 0.5) is 5.82 Å². The molecule has 0 fully saturated rings. The lowest BCUT2D eigenvalue weighted by molar-refractivity contribution is -0.135. The van der Waals surface area contributed by atoms with Crippen LogP contribution < -0.4 is 5.32 Å². The number of unbranched alkanes of at least 4 members (excludes halogenated alkanes) is 8. The molecule has 1 aromatic rings. The molecule has 0 spiro atoms. The first-order valence-electron chi connectivity index (χ1n) is 12.2. The Bertz CT molecular complexity index is 614. The molecule has 1 rings (SSSR count). The van der Waals surface area contributed by atoms with E-state index in [2.05, 4.69) is 36.1 Å². The molecule has 0 radical (unpaired) electrons. The number of nitrogens with zero attached hydrogens (tertiary/aromatic N) is 3. The summed E-state index contributed by atoms with van der Waals surface area (Å²) < 4.78 is 4.99. The fraction of sp³-hybridized carbons (Fsp3) is 0.792. The summed E-state index contributed by atoms with van der Waals surface area (Å²) in [5, 5.41) is 6.51. The minimum absolute atomic E-state index is 0.0451. The lowest BCUT2D eigenvalue weighted by atomic mass is 10.1. The van der Waals surface area contributed by atoms with Crippen molar-refractivity contribution >= 4 is 17.6 Å². The summed E-state index contributed by atoms with van der Waals surface area (Å²) in [6.45, 7) is 11.5. The predicted molar refractivity (Wildman–Crippen MR) is 126 cm³/mol. The minimum atomic E-state index is -0.242. The highest BCUT2D eigenvalue weighted by molar-refractivity contribution is 5.93. The average molecular weight is 437 g/mol. The highest BCUT2D eigenvalue weighted by Crippen LogP contribution is 2.12. The van der Waals surface area contributed by atoms with E-state index in [0.717, 1.165) is 32.5 Å². The number of hydrogen-bond acceptors (Lipinski definition) is 5. The molecule has 0 bridgehead atoms. The van der Waals surface area contributed by atoms with Gasteiger partial charge < -0.3 is 19.6 Å². The number of nitrogens with one attached hydrogen (secondary N) is 1. The van der Waals surface area contributed by atoms with Gasteiger partial charge in [-0.25, -0.2) is 0 Å². The van der Waals surface area contributed by atoms with E-state index in [0.29, 0.717) is 24.5 Å². The zero-order chi connectivity index (χ0) is 22.9. The van der Waals surface area contributed by atoms with Crippen LogP contribution in [-0.2, 0) is 9.59 Å². The normalized spacial score (nSPS) is 11.1. The summed E-state index contributed by atoms with van der Waals surface area (Å²) in [5.74, 6) is 0.836. The van der Waals surface area contributed by atoms with Gasteiger partial charge in [0.2, 0.25) is 11.8 Å². The number of rotatable bonds is 18. The van der Waals surface area contributed by atoms with E-state index in [1.807, 2.05) is 0 Å². The van der Waals surface area contributed by atoms with Crippen molar-refractivity contribution in [1.29, 1.82) is 0 Å². The van der Waals surface area contributed by atoms with Gasteiger partial charge in [-0.2, -0.15) is 0 Å². The number of carbonyl (C=O) groups is 2. The van der Waals surface area contributed by atoms with Crippen LogP contribution in [0.2, 0.25) is 0 Å². The standard InChI is InChI=1S/C24H44N4O3/c1-5-8-9-10-11-12-13-14-15-16-24(30)28(18-17-27(6-2)7-3)20-23(29)25-22-19-21(4)31-26-22/h19H,5-18,20H2,1-4H3,(H,25,26,29). The van der Waals surface area contributed by atoms with Crippen LogP contribution in [0.15, 0.2) is 10.6 Å². The molecule has 1 N–H and O–H groups in total. The molecule has 1 heterocycles. The van der Waals surface area contributed by atoms with Gasteiger partial charge in [-0.05, 0) is 26.4 Å². The van der Waals surface area contributed by atoms with Gasteiger partial charge in [-0.1, -0.05) is 77.3 Å². The van der Waals surface area contributed by atoms with Crippen molar-refractivity contribution in [2.75, 3.05) is 38.0 Å². The zero-order valence-corrected chi connectivity index (χ0v) is 20.3. The Morgan fingerprint density at radius 2 is 1.55 bits per heavy atom. The van der Waals surface area contributed by atoms with Gasteiger partial charge >= 0.3 is 0 Å². The third-order valence-electron chi connectivity index (χ3n) is 5.66. The highest BCUT2D eigenvalue weighted by atomic mass is 16.5. The fourth-order valence-electron chi connectivity index (χ4n) is 3.62. The van der Waals surface area contributed by atoms with Crippen LogP contribution in [0.5, 0.6) is 0 Å². The van der Waals surface area contributed by atoms with Gasteiger partial charge in [-0.15, -0.1) is 0 Å². The lowest BCUT2D eigenvalue weighted by Gasteiger charge is -2.26. The van der Waals surface area contributed by atoms with Crippen molar-refractivity contribution in [3.63, 3.8) is 0 Å². The monoisotopic (exact) mass is 436 g/mol. The van der Waals surface area contributed by atoms with Gasteiger partial charge in [0.1, 0.15) is 5.76 Å². The van der Waals surface area contributed by atoms with Crippen LogP contribution in [0.25, 0.3) is 0 Å². The Morgan fingerprint density at radius 3 is 2.10 bits per heavy atom. The quantitative estimate of drug-likeness (QED) is 0.327. The van der Waals surface area contributed by atoms with E-state index < -0.39 is 0 Å². The van der Waals surface area contributed by atoms with Gasteiger partial charge in [0.25, 0.3) is 0 Å². The Morgan fingerprint density at radius 1 is 0.935 bits per heavy atom. The third-order valence-corrected chi connectivity index (χ3v) is 5.66. The summed E-state index contributed by atoms with van der Waals surface area (Å²) in [6, 6.07) is 1.67. The maximum absolute atomic E-state index is 12.8. The number of carbonyl (C=O) groups excluding carboxylic acids is 2. The van der Waals surface area contributed by atoms with Gasteiger partial charge in [-0.3, -0.25) is 9.59 Å². The van der Waals surface area contributed by atoms with Gasteiger partial charge in [0, 0.05) is 25.6 Å². The molecule has 0 atom stereocenters. The van der Waals surface area contributed by atoms with Crippen molar-refractivity contribution in [2.24, 2.45) is 0 Å². The molecule has 0 aliphatic heterocycles. The number of hydrogen-bond donors (Lipinski definition) is 1. The number of aromatic nitrogens is 1. The topological polar surface area (TPSA) is 78.7 Å². The minimum Gasteiger partial charge on any atom is -0.360 e. The molecule has 1 aromatic heterocycles. The Kier molecular flexibility index (Phi) is 14.7. The van der Waals surface area contributed by atoms with E-state index in [-0.39, 0.29) is 18.4 Å². The first kappa shape index (κ1) is 27.1. The molecule has 31 heavy (non-hydrogen) atoms. The molecule has 2 amide bonds. The molecule has 178 valence electrons. The van der Waals surface area contributed by atoms with Crippen molar-refractivity contribution in [3.8, 4) is 0 Å². The number of likely N-dealkylation sites (N-methyl/N-ethyl adjacent to an activating group) is 1. The maximum Gasteiger partial charge on any atom is 0.245 e. The van der Waals surface area contributed by atoms with Gasteiger partial charge in [0.05, 0.1) is 6.54 Å². The number of amides is 2. The smallest absolute Gasteiger partial charge is 0.245 e. The third kappa shape index (κ3) is 12.5. The van der Waals surface area contributed by atoms with Crippen LogP contribution in [0.3, 0.4) is 0 Å². The SMILES string of the molecule is CCCCCCCCCCCC(=O)N(CCN(CC)CC)CC(=O)Nc1cc(C)on1. The fourth-order valence-corrected chi connectivity index (χ4v) is 3.62. The second kappa shape index (κ2) is 16.8. The summed E-state index contributed by atoms with van der Waals surface area (Å²) in [6.07, 6.45) is 11.5. The van der Waals surface area contributed by atoms with Crippen LogP contribution in [0, 0.1) is 6.92 Å². The van der Waals surface area contributed by atoms with Crippen LogP contribution >= 0.6 is 0 Å². The molecular formula is C24H44N4O3. The Hall–Kier alpha value is -1.89. The maximum atomic E-state index is 12.8. The van der Waals surface area contributed by atoms with E-state index in [1.54, 1.807) is 17.9 Å². The largest absolute Gasteiger partial charge is 0.360 e. The summed E-state index contributed by atoms with van der Waals surface area (Å²) in [7, 11) is 0. The number of anilines is 1. The molecule has 7 heteroatoms. The van der Waals surface area contributed by atoms with Crippen molar-refractivity contribution in [2.45, 2.75) is 91.9 Å². The zero-order valence-electron chi connectivity index (χ0n) is 20.3. The van der Waals surface area contributed by atoms with E-state index in [4.69, 9.17) is 4.52 Å². The molecule has 0 unspecified atom stereocenters. The highest BCUT2D eigenvalue weighted by Gasteiger charge is 2.18. The van der Waals surface area contributed by atoms with Crippen molar-refractivity contribution in [3.05, 3.63) is 11.8 Å².